The quantitative estimate of drug-likeness (QED) is 0.563. The highest BCUT2D eigenvalue weighted by Crippen LogP contribution is 2.25. The summed E-state index contributed by atoms with van der Waals surface area (Å²) in [4.78, 5) is 0. The molecule has 0 aromatic heterocycles. The lowest BCUT2D eigenvalue weighted by atomic mass is 9.53. The van der Waals surface area contributed by atoms with Crippen LogP contribution in [0.1, 0.15) is 87.0 Å². The van der Waals surface area contributed by atoms with Crippen LogP contribution in [0.5, 0.6) is 0 Å². The molecule has 0 amide bonds. The molecular weight excluding hydrogens is 279 g/mol. The smallest absolute Gasteiger partial charge is 0.290 e. The van der Waals surface area contributed by atoms with Gasteiger partial charge in [0.05, 0.1) is 0 Å². The summed E-state index contributed by atoms with van der Waals surface area (Å²) >= 11 is 0. The Morgan fingerprint density at radius 1 is 0.609 bits per heavy atom. The van der Waals surface area contributed by atoms with Crippen molar-refractivity contribution in [3.8, 4) is 0 Å². The molecule has 0 atom stereocenters. The third-order valence-electron chi connectivity index (χ3n) is 5.68. The first-order valence-corrected chi connectivity index (χ1v) is 10.1. The van der Waals surface area contributed by atoms with Gasteiger partial charge in [-0.25, -0.2) is 0 Å². The van der Waals surface area contributed by atoms with Gasteiger partial charge < -0.3 is 14.2 Å². The normalized spacial score (nSPS) is 18.1. The summed E-state index contributed by atoms with van der Waals surface area (Å²) < 4.78 is 7.83. The van der Waals surface area contributed by atoms with Crippen LogP contribution >= 0.6 is 0 Å². The highest BCUT2D eigenvalue weighted by molar-refractivity contribution is 6.74. The summed E-state index contributed by atoms with van der Waals surface area (Å²) in [5.41, 5.74) is 0. The van der Waals surface area contributed by atoms with Crippen molar-refractivity contribution in [2.24, 2.45) is 0 Å². The average Bonchev–Trinajstić information content (AvgIpc) is 2.58. The molecule has 130 valence electrons. The summed E-state index contributed by atoms with van der Waals surface area (Å²) in [7, 11) is 4.87. The maximum Gasteiger partial charge on any atom is 0.290 e. The molecule has 0 N–H and O–H groups in total. The van der Waals surface area contributed by atoms with Crippen molar-refractivity contribution in [1.82, 2.24) is 14.2 Å². The molecule has 0 aliphatic carbocycles. The van der Waals surface area contributed by atoms with Gasteiger partial charge in [-0.3, -0.25) is 0 Å². The van der Waals surface area contributed by atoms with Crippen LogP contribution in [0.2, 0.25) is 6.32 Å². The SMILES string of the molecule is CCB1N(C(CC)CC)[B]N(C(CC)CC)[B]N1C(CC)CC. The number of hydrogen-bond donors (Lipinski definition) is 0. The summed E-state index contributed by atoms with van der Waals surface area (Å²) in [6.07, 6.45) is 8.46. The van der Waals surface area contributed by atoms with E-state index in [-0.39, 0.29) is 0 Å². The molecule has 0 aromatic carbocycles. The molecule has 1 heterocycles. The lowest BCUT2D eigenvalue weighted by Gasteiger charge is -2.52. The van der Waals surface area contributed by atoms with Crippen LogP contribution in [0.3, 0.4) is 0 Å². The van der Waals surface area contributed by atoms with E-state index in [1.165, 1.54) is 44.8 Å². The molecule has 1 rings (SSSR count). The molecule has 2 radical (unpaired) electrons. The van der Waals surface area contributed by atoms with Crippen LogP contribution in [-0.2, 0) is 0 Å². The van der Waals surface area contributed by atoms with Crippen molar-refractivity contribution in [2.45, 2.75) is 111 Å². The monoisotopic (exact) mass is 317 g/mol. The third kappa shape index (κ3) is 5.03. The highest BCUT2D eigenvalue weighted by atomic mass is 15.3. The molecule has 0 spiro atoms. The minimum atomic E-state index is 0.510. The Morgan fingerprint density at radius 2 is 0.957 bits per heavy atom. The lowest BCUT2D eigenvalue weighted by Crippen LogP contribution is -2.72. The van der Waals surface area contributed by atoms with E-state index in [0.717, 1.165) is 0 Å². The van der Waals surface area contributed by atoms with E-state index in [2.05, 4.69) is 77.7 Å². The molecule has 0 bridgehead atoms. The van der Waals surface area contributed by atoms with Gasteiger partial charge in [0.1, 0.15) is 0 Å². The first-order chi connectivity index (χ1) is 11.1. The Balaban J connectivity index is 3.09. The predicted octanol–water partition coefficient (Wildman–Crippen LogP) is 4.05. The van der Waals surface area contributed by atoms with Gasteiger partial charge in [-0.15, -0.1) is 0 Å². The van der Waals surface area contributed by atoms with Crippen LogP contribution < -0.4 is 0 Å². The lowest BCUT2D eigenvalue weighted by molar-refractivity contribution is 0.303. The molecule has 1 fully saturated rings. The van der Waals surface area contributed by atoms with Crippen LogP contribution in [0.25, 0.3) is 0 Å². The molecule has 0 unspecified atom stereocenters. The zero-order valence-electron chi connectivity index (χ0n) is 16.8. The first-order valence-electron chi connectivity index (χ1n) is 10.1. The summed E-state index contributed by atoms with van der Waals surface area (Å²) in [5, 5.41) is 0. The number of rotatable bonds is 10. The average molecular weight is 317 g/mol. The fourth-order valence-electron chi connectivity index (χ4n) is 4.06. The van der Waals surface area contributed by atoms with Gasteiger partial charge in [-0.1, -0.05) is 48.5 Å². The Morgan fingerprint density at radius 3 is 1.22 bits per heavy atom. The minimum Gasteiger partial charge on any atom is -0.362 e. The molecule has 3 nitrogen and oxygen atoms in total. The summed E-state index contributed by atoms with van der Waals surface area (Å²) in [6, 6.07) is 1.89. The van der Waals surface area contributed by atoms with Crippen molar-refractivity contribution in [3.05, 3.63) is 0 Å². The number of nitrogens with zero attached hydrogens (tertiary/aromatic N) is 3. The Hall–Kier alpha value is 0.0748. The van der Waals surface area contributed by atoms with Gasteiger partial charge in [0.2, 0.25) is 0 Å². The van der Waals surface area contributed by atoms with E-state index in [1.807, 2.05) is 0 Å². The van der Waals surface area contributed by atoms with E-state index < -0.39 is 0 Å². The Bertz CT molecular complexity index is 285. The van der Waals surface area contributed by atoms with E-state index in [4.69, 9.17) is 0 Å². The number of hydrogen-bond acceptors (Lipinski definition) is 3. The van der Waals surface area contributed by atoms with Gasteiger partial charge in [0.25, 0.3) is 22.1 Å². The van der Waals surface area contributed by atoms with Crippen molar-refractivity contribution < 1.29 is 0 Å². The molecule has 1 aliphatic rings. The van der Waals surface area contributed by atoms with Crippen molar-refractivity contribution in [1.29, 1.82) is 0 Å². The highest BCUT2D eigenvalue weighted by Gasteiger charge is 2.43. The van der Waals surface area contributed by atoms with Crippen LogP contribution in [-0.4, -0.2) is 54.4 Å². The summed E-state index contributed by atoms with van der Waals surface area (Å²) in [6.45, 7) is 16.8. The summed E-state index contributed by atoms with van der Waals surface area (Å²) in [5.74, 6) is 0. The minimum absolute atomic E-state index is 0.510. The van der Waals surface area contributed by atoms with E-state index >= 15 is 0 Å². The topological polar surface area (TPSA) is 9.72 Å². The molecular formula is C17H38B3N3. The van der Waals surface area contributed by atoms with Gasteiger partial charge in [0.15, 0.2) is 0 Å². The van der Waals surface area contributed by atoms with Gasteiger partial charge >= 0.3 is 0 Å². The Labute approximate surface area is 148 Å². The second-order valence-corrected chi connectivity index (χ2v) is 6.87. The molecule has 0 saturated carbocycles. The maximum atomic E-state index is 2.66. The van der Waals surface area contributed by atoms with E-state index in [1.54, 1.807) is 0 Å². The molecule has 6 heteroatoms. The molecule has 1 saturated heterocycles. The van der Waals surface area contributed by atoms with Crippen LogP contribution in [0.15, 0.2) is 0 Å². The van der Waals surface area contributed by atoms with Crippen molar-refractivity contribution in [3.63, 3.8) is 0 Å². The van der Waals surface area contributed by atoms with Gasteiger partial charge in [-0.2, -0.15) is 0 Å². The zero-order chi connectivity index (χ0) is 17.4. The standard InChI is InChI=1S/C17H38B3N3/c1-8-15(9-2)21-18-22(16(10-3)11-4)20(14-7)23(19-21)17(12-5)13-6/h15-17H,8-14H2,1-7H3. The van der Waals surface area contributed by atoms with Gasteiger partial charge in [0, 0.05) is 0 Å². The largest absolute Gasteiger partial charge is 0.362 e. The predicted molar refractivity (Wildman–Crippen MR) is 106 cm³/mol. The second kappa shape index (κ2) is 10.8. The molecule has 23 heavy (non-hydrogen) atoms. The van der Waals surface area contributed by atoms with E-state index in [0.29, 0.717) is 25.1 Å². The van der Waals surface area contributed by atoms with Crippen LogP contribution in [0, 0.1) is 0 Å². The van der Waals surface area contributed by atoms with E-state index in [9.17, 15) is 0 Å². The first kappa shape index (κ1) is 21.1. The molecule has 1 aliphatic heterocycles. The van der Waals surface area contributed by atoms with Crippen LogP contribution in [0.4, 0.5) is 0 Å². The van der Waals surface area contributed by atoms with Gasteiger partial charge in [-0.05, 0) is 63.0 Å². The fourth-order valence-corrected chi connectivity index (χ4v) is 4.06. The second-order valence-electron chi connectivity index (χ2n) is 6.87. The zero-order valence-corrected chi connectivity index (χ0v) is 16.8. The maximum absolute atomic E-state index is 2.66. The molecule has 0 aromatic rings. The Kier molecular flexibility index (Phi) is 9.95. The fraction of sp³-hybridized carbons (Fsp3) is 1.00. The van der Waals surface area contributed by atoms with Crippen molar-refractivity contribution >= 4 is 22.1 Å². The van der Waals surface area contributed by atoms with Crippen molar-refractivity contribution in [2.75, 3.05) is 0 Å². The third-order valence-corrected chi connectivity index (χ3v) is 5.68.